The van der Waals surface area contributed by atoms with Crippen LogP contribution in [-0.2, 0) is 4.74 Å². The number of rotatable bonds is 10. The third-order valence-electron chi connectivity index (χ3n) is 2.46. The van der Waals surface area contributed by atoms with Gasteiger partial charge in [0, 0.05) is 13.2 Å². The molecule has 0 spiro atoms. The van der Waals surface area contributed by atoms with Gasteiger partial charge in [0.05, 0.1) is 0 Å². The first kappa shape index (κ1) is 14.0. The molecule has 0 atom stereocenters. The lowest BCUT2D eigenvalue weighted by atomic mass is 10.0. The Kier molecular flexibility index (Phi) is 11.0. The molecule has 0 aromatic heterocycles. The first-order valence-corrected chi connectivity index (χ1v) is 6.35. The summed E-state index contributed by atoms with van der Waals surface area (Å²) in [6.07, 6.45) is 9.22. The lowest BCUT2D eigenvalue weighted by Gasteiger charge is -2.05. The number of hydrogen-bond donors (Lipinski definition) is 0. The van der Waals surface area contributed by atoms with Gasteiger partial charge in [-0.05, 0) is 18.8 Å². The Morgan fingerprint density at radius 3 is 2.14 bits per heavy atom. The molecule has 0 N–H and O–H groups in total. The van der Waals surface area contributed by atoms with Gasteiger partial charge in [-0.15, -0.1) is 0 Å². The molecule has 0 amide bonds. The fourth-order valence-electron chi connectivity index (χ4n) is 1.46. The molecule has 0 fully saturated rings. The van der Waals surface area contributed by atoms with Crippen LogP contribution >= 0.6 is 0 Å². The van der Waals surface area contributed by atoms with Crippen LogP contribution in [0.1, 0.15) is 65.7 Å². The number of unbranched alkanes of at least 4 members (excludes halogenated alkanes) is 4. The van der Waals surface area contributed by atoms with Crippen molar-refractivity contribution in [2.24, 2.45) is 5.92 Å². The minimum Gasteiger partial charge on any atom is -0.381 e. The quantitative estimate of drug-likeness (QED) is 0.475. The van der Waals surface area contributed by atoms with Gasteiger partial charge in [0.2, 0.25) is 0 Å². The highest BCUT2D eigenvalue weighted by Crippen LogP contribution is 2.09. The Bertz CT molecular complexity index is 99.4. The van der Waals surface area contributed by atoms with Gasteiger partial charge in [-0.3, -0.25) is 0 Å². The van der Waals surface area contributed by atoms with Crippen LogP contribution in [0.3, 0.4) is 0 Å². The summed E-state index contributed by atoms with van der Waals surface area (Å²) in [6.45, 7) is 8.74. The van der Waals surface area contributed by atoms with Crippen molar-refractivity contribution in [3.05, 3.63) is 0 Å². The van der Waals surface area contributed by atoms with Gasteiger partial charge in [-0.2, -0.15) is 0 Å². The van der Waals surface area contributed by atoms with Gasteiger partial charge in [-0.25, -0.2) is 0 Å². The van der Waals surface area contributed by atoms with Gasteiger partial charge < -0.3 is 4.74 Å². The van der Waals surface area contributed by atoms with Crippen molar-refractivity contribution in [3.8, 4) is 0 Å². The van der Waals surface area contributed by atoms with E-state index < -0.39 is 0 Å². The van der Waals surface area contributed by atoms with Gasteiger partial charge in [0.25, 0.3) is 0 Å². The molecule has 1 heteroatoms. The zero-order chi connectivity index (χ0) is 10.6. The summed E-state index contributed by atoms with van der Waals surface area (Å²) in [5.74, 6) is 0.871. The van der Waals surface area contributed by atoms with E-state index in [4.69, 9.17) is 4.74 Å². The summed E-state index contributed by atoms with van der Waals surface area (Å²) in [7, 11) is 0. The van der Waals surface area contributed by atoms with Crippen molar-refractivity contribution < 1.29 is 4.74 Å². The van der Waals surface area contributed by atoms with E-state index in [1.807, 2.05) is 0 Å². The Hall–Kier alpha value is -0.0400. The average Bonchev–Trinajstić information content (AvgIpc) is 2.15. The SMILES string of the molecule is CCCCOCCCCCCC(C)C. The maximum atomic E-state index is 5.50. The summed E-state index contributed by atoms with van der Waals surface area (Å²) in [5, 5.41) is 0. The summed E-state index contributed by atoms with van der Waals surface area (Å²) in [6, 6.07) is 0. The highest BCUT2D eigenvalue weighted by Gasteiger charge is 1.94. The predicted molar refractivity (Wildman–Crippen MR) is 63.7 cm³/mol. The standard InChI is InChI=1S/C13H28O/c1-4-5-11-14-12-9-7-6-8-10-13(2)3/h13H,4-12H2,1-3H3. The molecule has 86 valence electrons. The van der Waals surface area contributed by atoms with Crippen molar-refractivity contribution in [3.63, 3.8) is 0 Å². The van der Waals surface area contributed by atoms with Crippen molar-refractivity contribution >= 4 is 0 Å². The molecular weight excluding hydrogens is 172 g/mol. The predicted octanol–water partition coefficient (Wildman–Crippen LogP) is 4.41. The molecule has 1 nitrogen and oxygen atoms in total. The normalized spacial score (nSPS) is 11.1. The Balaban J connectivity index is 2.85. The highest BCUT2D eigenvalue weighted by atomic mass is 16.5. The first-order valence-electron chi connectivity index (χ1n) is 6.35. The van der Waals surface area contributed by atoms with E-state index in [1.54, 1.807) is 0 Å². The van der Waals surface area contributed by atoms with Crippen LogP contribution < -0.4 is 0 Å². The molecular formula is C13H28O. The van der Waals surface area contributed by atoms with Gasteiger partial charge >= 0.3 is 0 Å². The fourth-order valence-corrected chi connectivity index (χ4v) is 1.46. The van der Waals surface area contributed by atoms with Gasteiger partial charge in [0.15, 0.2) is 0 Å². The average molecular weight is 200 g/mol. The fraction of sp³-hybridized carbons (Fsp3) is 1.00. The van der Waals surface area contributed by atoms with Crippen molar-refractivity contribution in [1.29, 1.82) is 0 Å². The zero-order valence-electron chi connectivity index (χ0n) is 10.3. The topological polar surface area (TPSA) is 9.23 Å². The van der Waals surface area contributed by atoms with Gasteiger partial charge in [-0.1, -0.05) is 52.9 Å². The van der Waals surface area contributed by atoms with E-state index in [-0.39, 0.29) is 0 Å². The lowest BCUT2D eigenvalue weighted by Crippen LogP contribution is -1.96. The second-order valence-corrected chi connectivity index (χ2v) is 4.56. The molecule has 0 rings (SSSR count). The molecule has 0 heterocycles. The molecule has 0 aliphatic carbocycles. The van der Waals surface area contributed by atoms with E-state index in [0.29, 0.717) is 0 Å². The molecule has 0 aliphatic heterocycles. The molecule has 0 aliphatic rings. The Morgan fingerprint density at radius 1 is 0.857 bits per heavy atom. The smallest absolute Gasteiger partial charge is 0.0466 e. The summed E-state index contributed by atoms with van der Waals surface area (Å²) >= 11 is 0. The first-order chi connectivity index (χ1) is 6.77. The van der Waals surface area contributed by atoms with E-state index >= 15 is 0 Å². The second kappa shape index (κ2) is 11.0. The van der Waals surface area contributed by atoms with Crippen LogP contribution in [0.15, 0.2) is 0 Å². The van der Waals surface area contributed by atoms with Crippen molar-refractivity contribution in [1.82, 2.24) is 0 Å². The minimum absolute atomic E-state index is 0.871. The third-order valence-corrected chi connectivity index (χ3v) is 2.46. The van der Waals surface area contributed by atoms with E-state index in [0.717, 1.165) is 19.1 Å². The monoisotopic (exact) mass is 200 g/mol. The van der Waals surface area contributed by atoms with E-state index in [1.165, 1.54) is 44.9 Å². The Labute approximate surface area is 90.2 Å². The molecule has 0 unspecified atom stereocenters. The van der Waals surface area contributed by atoms with Crippen LogP contribution in [0, 0.1) is 5.92 Å². The minimum atomic E-state index is 0.871. The molecule has 14 heavy (non-hydrogen) atoms. The van der Waals surface area contributed by atoms with Crippen molar-refractivity contribution in [2.75, 3.05) is 13.2 Å². The summed E-state index contributed by atoms with van der Waals surface area (Å²) < 4.78 is 5.50. The van der Waals surface area contributed by atoms with E-state index in [9.17, 15) is 0 Å². The van der Waals surface area contributed by atoms with Gasteiger partial charge in [0.1, 0.15) is 0 Å². The largest absolute Gasteiger partial charge is 0.381 e. The van der Waals surface area contributed by atoms with Crippen LogP contribution in [0.25, 0.3) is 0 Å². The van der Waals surface area contributed by atoms with Crippen LogP contribution in [0.4, 0.5) is 0 Å². The molecule has 0 aromatic rings. The second-order valence-electron chi connectivity index (χ2n) is 4.56. The lowest BCUT2D eigenvalue weighted by molar-refractivity contribution is 0.127. The van der Waals surface area contributed by atoms with Crippen LogP contribution in [-0.4, -0.2) is 13.2 Å². The maximum absolute atomic E-state index is 5.50. The summed E-state index contributed by atoms with van der Waals surface area (Å²) in [5.41, 5.74) is 0. The highest BCUT2D eigenvalue weighted by molar-refractivity contribution is 4.47. The summed E-state index contributed by atoms with van der Waals surface area (Å²) in [4.78, 5) is 0. The van der Waals surface area contributed by atoms with E-state index in [2.05, 4.69) is 20.8 Å². The number of ether oxygens (including phenoxy) is 1. The maximum Gasteiger partial charge on any atom is 0.0466 e. The molecule has 0 saturated carbocycles. The molecule has 0 aromatic carbocycles. The Morgan fingerprint density at radius 2 is 1.50 bits per heavy atom. The zero-order valence-corrected chi connectivity index (χ0v) is 10.3. The van der Waals surface area contributed by atoms with Crippen LogP contribution in [0.2, 0.25) is 0 Å². The molecule has 0 radical (unpaired) electrons. The third kappa shape index (κ3) is 12.0. The molecule has 0 bridgehead atoms. The van der Waals surface area contributed by atoms with Crippen molar-refractivity contribution in [2.45, 2.75) is 65.7 Å². The van der Waals surface area contributed by atoms with Crippen LogP contribution in [0.5, 0.6) is 0 Å². The molecule has 0 saturated heterocycles. The number of hydrogen-bond acceptors (Lipinski definition) is 1.